The van der Waals surface area contributed by atoms with Gasteiger partial charge >= 0.3 is 0 Å². The highest BCUT2D eigenvalue weighted by molar-refractivity contribution is 7.99. The fourth-order valence-corrected chi connectivity index (χ4v) is 1.91. The van der Waals surface area contributed by atoms with Gasteiger partial charge in [-0.3, -0.25) is 4.79 Å². The van der Waals surface area contributed by atoms with Gasteiger partial charge in [0.15, 0.2) is 0 Å². The summed E-state index contributed by atoms with van der Waals surface area (Å²) in [5, 5.41) is 2.89. The molecule has 0 aliphatic rings. The van der Waals surface area contributed by atoms with Crippen molar-refractivity contribution in [2.45, 2.75) is 17.6 Å². The minimum atomic E-state index is -2.47. The average Bonchev–Trinajstić information content (AvgIpc) is 2.35. The Hall–Kier alpha value is -1.30. The van der Waals surface area contributed by atoms with Crippen molar-refractivity contribution >= 4 is 23.4 Å². The number of alkyl halides is 2. The predicted molar refractivity (Wildman–Crippen MR) is 70.1 cm³/mol. The van der Waals surface area contributed by atoms with E-state index in [4.69, 9.17) is 0 Å². The van der Waals surface area contributed by atoms with Crippen molar-refractivity contribution in [1.82, 2.24) is 4.90 Å². The van der Waals surface area contributed by atoms with Crippen molar-refractivity contribution in [2.75, 3.05) is 25.5 Å². The molecular formula is C12H16F2N2OS. The quantitative estimate of drug-likeness (QED) is 0.810. The van der Waals surface area contributed by atoms with E-state index in [1.165, 1.54) is 0 Å². The van der Waals surface area contributed by atoms with Crippen LogP contribution in [0.1, 0.15) is 6.92 Å². The van der Waals surface area contributed by atoms with E-state index in [9.17, 15) is 13.6 Å². The van der Waals surface area contributed by atoms with E-state index in [1.807, 2.05) is 6.92 Å². The van der Waals surface area contributed by atoms with Crippen LogP contribution in [0.2, 0.25) is 0 Å². The van der Waals surface area contributed by atoms with E-state index in [1.54, 1.807) is 36.2 Å². The molecule has 0 aromatic heterocycles. The van der Waals surface area contributed by atoms with Crippen molar-refractivity contribution in [3.05, 3.63) is 24.3 Å². The van der Waals surface area contributed by atoms with Gasteiger partial charge in [0.1, 0.15) is 0 Å². The third-order valence-electron chi connectivity index (χ3n) is 2.43. The monoisotopic (exact) mass is 274 g/mol. The molecule has 6 heteroatoms. The molecule has 100 valence electrons. The number of likely N-dealkylation sites (N-methyl/N-ethyl adjacent to an activating group) is 1. The van der Waals surface area contributed by atoms with E-state index in [0.29, 0.717) is 28.9 Å². The fraction of sp³-hybridized carbons (Fsp3) is 0.417. The Balaban J connectivity index is 2.64. The number of para-hydroxylation sites is 1. The van der Waals surface area contributed by atoms with Gasteiger partial charge in [0.2, 0.25) is 5.91 Å². The van der Waals surface area contributed by atoms with E-state index in [-0.39, 0.29) is 12.5 Å². The molecule has 0 aliphatic carbocycles. The molecule has 0 spiro atoms. The van der Waals surface area contributed by atoms with Crippen LogP contribution in [0.25, 0.3) is 0 Å². The van der Waals surface area contributed by atoms with E-state index in [0.717, 1.165) is 0 Å². The van der Waals surface area contributed by atoms with Crippen LogP contribution in [0.15, 0.2) is 29.2 Å². The van der Waals surface area contributed by atoms with Gasteiger partial charge in [-0.15, -0.1) is 0 Å². The standard InChI is InChI=1S/C12H16F2N2OS/c1-3-16(2)11(17)8-15-9-6-4-5-7-10(9)18-12(13)14/h4-7,12,15H,3,8H2,1-2H3. The maximum atomic E-state index is 12.3. The number of hydrogen-bond donors (Lipinski definition) is 1. The molecule has 0 radical (unpaired) electrons. The van der Waals surface area contributed by atoms with Crippen LogP contribution in [0.3, 0.4) is 0 Å². The lowest BCUT2D eigenvalue weighted by Crippen LogP contribution is -2.31. The van der Waals surface area contributed by atoms with Crippen LogP contribution in [0, 0.1) is 0 Å². The first-order valence-corrected chi connectivity index (χ1v) is 6.44. The van der Waals surface area contributed by atoms with Gasteiger partial charge in [-0.05, 0) is 19.1 Å². The Morgan fingerprint density at radius 2 is 2.11 bits per heavy atom. The first-order valence-electron chi connectivity index (χ1n) is 5.56. The number of carbonyl (C=O) groups is 1. The van der Waals surface area contributed by atoms with Gasteiger partial charge in [-0.25, -0.2) is 0 Å². The second-order valence-corrected chi connectivity index (χ2v) is 4.67. The zero-order chi connectivity index (χ0) is 13.5. The van der Waals surface area contributed by atoms with Crippen molar-refractivity contribution < 1.29 is 13.6 Å². The molecule has 1 N–H and O–H groups in total. The van der Waals surface area contributed by atoms with Gasteiger partial charge < -0.3 is 10.2 Å². The smallest absolute Gasteiger partial charge is 0.288 e. The normalized spacial score (nSPS) is 10.5. The molecule has 0 fully saturated rings. The van der Waals surface area contributed by atoms with Gasteiger partial charge in [0.05, 0.1) is 6.54 Å². The van der Waals surface area contributed by atoms with Gasteiger partial charge in [-0.1, -0.05) is 23.9 Å². The summed E-state index contributed by atoms with van der Waals surface area (Å²) in [6.07, 6.45) is 0. The summed E-state index contributed by atoms with van der Waals surface area (Å²) < 4.78 is 24.7. The molecule has 0 bridgehead atoms. The lowest BCUT2D eigenvalue weighted by Gasteiger charge is -2.16. The summed E-state index contributed by atoms with van der Waals surface area (Å²) in [4.78, 5) is 13.6. The molecule has 0 saturated heterocycles. The Bertz CT molecular complexity index is 401. The van der Waals surface area contributed by atoms with Crippen molar-refractivity contribution in [2.24, 2.45) is 0 Å². The third kappa shape index (κ3) is 4.52. The number of benzene rings is 1. The summed E-state index contributed by atoms with van der Waals surface area (Å²) in [5.74, 6) is -2.55. The summed E-state index contributed by atoms with van der Waals surface area (Å²) in [7, 11) is 1.70. The molecule has 18 heavy (non-hydrogen) atoms. The molecule has 1 amide bonds. The van der Waals surface area contributed by atoms with Crippen molar-refractivity contribution in [3.63, 3.8) is 0 Å². The first kappa shape index (κ1) is 14.8. The number of anilines is 1. The highest BCUT2D eigenvalue weighted by Crippen LogP contribution is 2.31. The average molecular weight is 274 g/mol. The molecule has 0 heterocycles. The minimum absolute atomic E-state index is 0.0747. The molecule has 1 rings (SSSR count). The fourth-order valence-electron chi connectivity index (χ4n) is 1.29. The second kappa shape index (κ2) is 7.20. The maximum absolute atomic E-state index is 12.3. The van der Waals surface area contributed by atoms with Crippen LogP contribution in [0.4, 0.5) is 14.5 Å². The van der Waals surface area contributed by atoms with Gasteiger partial charge in [0.25, 0.3) is 5.76 Å². The third-order valence-corrected chi connectivity index (χ3v) is 3.22. The van der Waals surface area contributed by atoms with E-state index < -0.39 is 5.76 Å². The first-order chi connectivity index (χ1) is 8.54. The largest absolute Gasteiger partial charge is 0.375 e. The Kier molecular flexibility index (Phi) is 5.91. The zero-order valence-electron chi connectivity index (χ0n) is 10.3. The number of hydrogen-bond acceptors (Lipinski definition) is 3. The number of nitrogens with zero attached hydrogens (tertiary/aromatic N) is 1. The number of halogens is 2. The Labute approximate surface area is 110 Å². The highest BCUT2D eigenvalue weighted by Gasteiger charge is 2.11. The van der Waals surface area contributed by atoms with Crippen LogP contribution in [-0.4, -0.2) is 36.7 Å². The summed E-state index contributed by atoms with van der Waals surface area (Å²) in [5.41, 5.74) is 0.556. The molecule has 0 aliphatic heterocycles. The number of thioether (sulfide) groups is 1. The van der Waals surface area contributed by atoms with Gasteiger partial charge in [-0.2, -0.15) is 8.78 Å². The molecule has 0 saturated carbocycles. The number of amides is 1. The number of carbonyl (C=O) groups excluding carboxylic acids is 1. The van der Waals surface area contributed by atoms with Crippen LogP contribution in [0.5, 0.6) is 0 Å². The van der Waals surface area contributed by atoms with E-state index in [2.05, 4.69) is 5.32 Å². The minimum Gasteiger partial charge on any atom is -0.375 e. The zero-order valence-corrected chi connectivity index (χ0v) is 11.1. The molecule has 3 nitrogen and oxygen atoms in total. The summed E-state index contributed by atoms with van der Waals surface area (Å²) >= 11 is 0.470. The van der Waals surface area contributed by atoms with E-state index >= 15 is 0 Å². The summed E-state index contributed by atoms with van der Waals surface area (Å²) in [6, 6.07) is 6.72. The van der Waals surface area contributed by atoms with Crippen LogP contribution < -0.4 is 5.32 Å². The Morgan fingerprint density at radius 3 is 2.72 bits per heavy atom. The molecule has 0 atom stereocenters. The molecule has 1 aromatic rings. The van der Waals surface area contributed by atoms with Crippen LogP contribution >= 0.6 is 11.8 Å². The lowest BCUT2D eigenvalue weighted by atomic mass is 10.3. The van der Waals surface area contributed by atoms with Gasteiger partial charge in [0, 0.05) is 24.2 Å². The Morgan fingerprint density at radius 1 is 1.44 bits per heavy atom. The van der Waals surface area contributed by atoms with Crippen molar-refractivity contribution in [1.29, 1.82) is 0 Å². The number of nitrogens with one attached hydrogen (secondary N) is 1. The van der Waals surface area contributed by atoms with Crippen molar-refractivity contribution in [3.8, 4) is 0 Å². The number of rotatable bonds is 6. The molecule has 1 aromatic carbocycles. The topological polar surface area (TPSA) is 32.3 Å². The molecular weight excluding hydrogens is 258 g/mol. The predicted octanol–water partition coefficient (Wildman–Crippen LogP) is 2.89. The highest BCUT2D eigenvalue weighted by atomic mass is 32.2. The second-order valence-electron chi connectivity index (χ2n) is 3.64. The SMILES string of the molecule is CCN(C)C(=O)CNc1ccccc1SC(F)F. The lowest BCUT2D eigenvalue weighted by molar-refractivity contribution is -0.127. The maximum Gasteiger partial charge on any atom is 0.288 e. The molecule has 0 unspecified atom stereocenters. The summed E-state index contributed by atoms with van der Waals surface area (Å²) in [6.45, 7) is 2.59. The van der Waals surface area contributed by atoms with Crippen LogP contribution in [-0.2, 0) is 4.79 Å².